The maximum Gasteiger partial charge on any atom is 0.107 e. The average molecular weight is 153 g/mol. The molecule has 52 valence electrons. The minimum atomic E-state index is 0.636. The van der Waals surface area contributed by atoms with Gasteiger partial charge in [-0.25, -0.2) is 0 Å². The molecule has 3 heteroatoms. The highest BCUT2D eigenvalue weighted by Gasteiger charge is 1.94. The minimum Gasteiger partial charge on any atom is -0.398 e. The van der Waals surface area contributed by atoms with E-state index in [-0.39, 0.29) is 0 Å². The first-order valence-electron chi connectivity index (χ1n) is 3.28. The fourth-order valence-electron chi connectivity index (χ4n) is 0.813. The van der Waals surface area contributed by atoms with Crippen LogP contribution in [0.15, 0.2) is 18.2 Å². The highest BCUT2D eigenvalue weighted by Crippen LogP contribution is 2.18. The highest BCUT2D eigenvalue weighted by atomic mass is 35.5. The van der Waals surface area contributed by atoms with Gasteiger partial charge >= 0.3 is 0 Å². The third-order valence-corrected chi connectivity index (χ3v) is 1.81. The second kappa shape index (κ2) is 2.97. The summed E-state index contributed by atoms with van der Waals surface area (Å²) < 4.78 is 0. The number of nitrogen functional groups attached to an aromatic ring is 1. The van der Waals surface area contributed by atoms with Crippen molar-refractivity contribution in [3.63, 3.8) is 0 Å². The molecule has 0 bridgehead atoms. The second-order valence-corrected chi connectivity index (χ2v) is 2.62. The monoisotopic (exact) mass is 153 g/mol. The van der Waals surface area contributed by atoms with Crippen molar-refractivity contribution in [3.05, 3.63) is 28.8 Å². The molecule has 0 amide bonds. The van der Waals surface area contributed by atoms with Crippen LogP contribution in [0.3, 0.4) is 0 Å². The van der Waals surface area contributed by atoms with Crippen LogP contribution in [0.25, 0.3) is 0 Å². The van der Waals surface area contributed by atoms with Gasteiger partial charge in [-0.15, -0.1) is 0 Å². The number of anilines is 1. The molecule has 1 aromatic rings. The molecular formula is C7H9BClN. The Labute approximate surface area is 66.6 Å². The van der Waals surface area contributed by atoms with Gasteiger partial charge in [0.05, 0.1) is 10.7 Å². The van der Waals surface area contributed by atoms with E-state index in [2.05, 4.69) is 7.85 Å². The molecule has 10 heavy (non-hydrogen) atoms. The van der Waals surface area contributed by atoms with Gasteiger partial charge in [0, 0.05) is 0 Å². The molecule has 2 N–H and O–H groups in total. The van der Waals surface area contributed by atoms with Crippen molar-refractivity contribution in [2.24, 2.45) is 0 Å². The van der Waals surface area contributed by atoms with Gasteiger partial charge in [0.2, 0.25) is 0 Å². The Hall–Kier alpha value is -0.625. The second-order valence-electron chi connectivity index (χ2n) is 2.21. The predicted molar refractivity (Wildman–Crippen MR) is 48.1 cm³/mol. The van der Waals surface area contributed by atoms with Crippen molar-refractivity contribution in [2.75, 3.05) is 5.73 Å². The van der Waals surface area contributed by atoms with Crippen LogP contribution in [0, 0.1) is 0 Å². The van der Waals surface area contributed by atoms with Crippen molar-refractivity contribution in [2.45, 2.75) is 6.32 Å². The van der Waals surface area contributed by atoms with Crippen molar-refractivity contribution < 1.29 is 0 Å². The lowest BCUT2D eigenvalue weighted by molar-refractivity contribution is 1.40. The van der Waals surface area contributed by atoms with Gasteiger partial charge in [-0.2, -0.15) is 0 Å². The number of halogens is 1. The summed E-state index contributed by atoms with van der Waals surface area (Å²) in [7, 11) is 2.09. The summed E-state index contributed by atoms with van der Waals surface area (Å²) in [4.78, 5) is 0. The molecule has 0 aliphatic carbocycles. The van der Waals surface area contributed by atoms with E-state index >= 15 is 0 Å². The van der Waals surface area contributed by atoms with Gasteiger partial charge in [0.25, 0.3) is 0 Å². The van der Waals surface area contributed by atoms with Crippen LogP contribution in [0.4, 0.5) is 5.69 Å². The van der Waals surface area contributed by atoms with Crippen LogP contribution in [0.2, 0.25) is 5.02 Å². The van der Waals surface area contributed by atoms with Gasteiger partial charge < -0.3 is 5.73 Å². The van der Waals surface area contributed by atoms with Crippen LogP contribution in [-0.4, -0.2) is 7.85 Å². The average Bonchev–Trinajstić information content (AvgIpc) is 1.95. The molecule has 0 heterocycles. The van der Waals surface area contributed by atoms with Crippen molar-refractivity contribution in [3.8, 4) is 0 Å². The van der Waals surface area contributed by atoms with E-state index in [0.29, 0.717) is 10.7 Å². The molecule has 0 saturated carbocycles. The van der Waals surface area contributed by atoms with Gasteiger partial charge in [0.1, 0.15) is 7.85 Å². The molecule has 0 aromatic heterocycles. The van der Waals surface area contributed by atoms with Crippen LogP contribution in [0.5, 0.6) is 0 Å². The molecule has 0 fully saturated rings. The Morgan fingerprint density at radius 2 is 2.20 bits per heavy atom. The smallest absolute Gasteiger partial charge is 0.107 e. The van der Waals surface area contributed by atoms with Gasteiger partial charge in [-0.05, 0) is 12.1 Å². The quantitative estimate of drug-likeness (QED) is 0.474. The van der Waals surface area contributed by atoms with Gasteiger partial charge in [0.15, 0.2) is 0 Å². The molecule has 1 nitrogen and oxygen atoms in total. The molecular weight excluding hydrogens is 144 g/mol. The number of rotatable bonds is 1. The van der Waals surface area contributed by atoms with Crippen LogP contribution >= 0.6 is 11.6 Å². The summed E-state index contributed by atoms with van der Waals surface area (Å²) >= 11 is 5.71. The van der Waals surface area contributed by atoms with Gasteiger partial charge in [-0.1, -0.05) is 29.6 Å². The normalized spacial score (nSPS) is 9.70. The third kappa shape index (κ3) is 1.45. The Balaban J connectivity index is 3.04. The Morgan fingerprint density at radius 3 is 2.70 bits per heavy atom. The lowest BCUT2D eigenvalue weighted by Gasteiger charge is -1.99. The van der Waals surface area contributed by atoms with Crippen molar-refractivity contribution >= 4 is 25.1 Å². The number of hydrogen-bond acceptors (Lipinski definition) is 1. The number of hydrogen-bond donors (Lipinski definition) is 1. The highest BCUT2D eigenvalue weighted by molar-refractivity contribution is 6.33. The molecule has 0 saturated heterocycles. The summed E-state index contributed by atoms with van der Waals surface area (Å²) in [5, 5.41) is 0.636. The molecule has 0 spiro atoms. The first-order chi connectivity index (χ1) is 4.74. The van der Waals surface area contributed by atoms with E-state index in [1.165, 1.54) is 5.56 Å². The molecule has 0 radical (unpaired) electrons. The zero-order chi connectivity index (χ0) is 7.56. The molecule has 1 rings (SSSR count). The number of nitrogens with two attached hydrogens (primary N) is 1. The zero-order valence-corrected chi connectivity index (χ0v) is 6.65. The van der Waals surface area contributed by atoms with Crippen LogP contribution in [-0.2, 0) is 6.32 Å². The van der Waals surface area contributed by atoms with Crippen LogP contribution in [0.1, 0.15) is 5.56 Å². The fraction of sp³-hybridized carbons (Fsp3) is 0.143. The standard InChI is InChI=1S/C7H9BClN/c8-4-5-1-2-6(9)7(10)3-5/h1-3H,4,8,10H2. The molecule has 0 aliphatic heterocycles. The van der Waals surface area contributed by atoms with Gasteiger partial charge in [-0.3, -0.25) is 0 Å². The molecule has 1 aromatic carbocycles. The summed E-state index contributed by atoms with van der Waals surface area (Å²) in [6.07, 6.45) is 1.00. The van der Waals surface area contributed by atoms with E-state index < -0.39 is 0 Å². The first kappa shape index (κ1) is 7.48. The maximum atomic E-state index is 5.71. The Morgan fingerprint density at radius 1 is 1.50 bits per heavy atom. The largest absolute Gasteiger partial charge is 0.398 e. The SMILES string of the molecule is BCc1ccc(Cl)c(N)c1. The van der Waals surface area contributed by atoms with Crippen molar-refractivity contribution in [1.82, 2.24) is 0 Å². The summed E-state index contributed by atoms with van der Waals surface area (Å²) in [5.41, 5.74) is 7.46. The molecule has 0 atom stereocenters. The minimum absolute atomic E-state index is 0.636. The summed E-state index contributed by atoms with van der Waals surface area (Å²) in [6.45, 7) is 0. The van der Waals surface area contributed by atoms with E-state index in [1.54, 1.807) is 0 Å². The molecule has 0 unspecified atom stereocenters. The Kier molecular flexibility index (Phi) is 2.23. The topological polar surface area (TPSA) is 26.0 Å². The summed E-state index contributed by atoms with van der Waals surface area (Å²) in [5.74, 6) is 0. The lowest BCUT2D eigenvalue weighted by Crippen LogP contribution is -1.89. The third-order valence-electron chi connectivity index (χ3n) is 1.47. The van der Waals surface area contributed by atoms with Crippen LogP contribution < -0.4 is 5.73 Å². The Bertz CT molecular complexity index is 237. The van der Waals surface area contributed by atoms with E-state index in [1.807, 2.05) is 18.2 Å². The van der Waals surface area contributed by atoms with E-state index in [0.717, 1.165) is 6.32 Å². The van der Waals surface area contributed by atoms with E-state index in [4.69, 9.17) is 17.3 Å². The molecule has 0 aliphatic rings. The zero-order valence-electron chi connectivity index (χ0n) is 5.89. The van der Waals surface area contributed by atoms with Crippen molar-refractivity contribution in [1.29, 1.82) is 0 Å². The van der Waals surface area contributed by atoms with E-state index in [9.17, 15) is 0 Å². The maximum absolute atomic E-state index is 5.71. The first-order valence-corrected chi connectivity index (χ1v) is 3.65. The number of benzene rings is 1. The predicted octanol–water partition coefficient (Wildman–Crippen LogP) is 1.06. The lowest BCUT2D eigenvalue weighted by atomic mass is 9.97. The fourth-order valence-corrected chi connectivity index (χ4v) is 0.931. The summed E-state index contributed by atoms with van der Waals surface area (Å²) in [6, 6.07) is 5.72.